The van der Waals surface area contributed by atoms with Crippen LogP contribution in [-0.2, 0) is 11.2 Å². The summed E-state index contributed by atoms with van der Waals surface area (Å²) in [6.07, 6.45) is 1.50. The normalized spacial score (nSPS) is 11.9. The number of pyridine rings is 1. The van der Waals surface area contributed by atoms with Crippen molar-refractivity contribution in [2.24, 2.45) is 0 Å². The van der Waals surface area contributed by atoms with Crippen LogP contribution < -0.4 is 4.74 Å². The molecule has 0 saturated carbocycles. The maximum atomic E-state index is 13.7. The Morgan fingerprint density at radius 3 is 2.75 bits per heavy atom. The molecule has 0 aliphatic heterocycles. The molecular weight excluding hydrogens is 261 g/mol. The van der Waals surface area contributed by atoms with E-state index in [9.17, 15) is 14.3 Å². The standard InChI is InChI=1S/C15H14FNO3/c1-20-13-7-3-2-5-10(13)9-11(15(18)19)14-12(16)6-4-8-17-14/h2-8,11H,9H2,1H3,(H,18,19). The number of rotatable bonds is 5. The number of aromatic nitrogens is 1. The molecule has 0 saturated heterocycles. The molecule has 0 bridgehead atoms. The van der Waals surface area contributed by atoms with Crippen LogP contribution in [0.15, 0.2) is 42.6 Å². The lowest BCUT2D eigenvalue weighted by Crippen LogP contribution is -2.17. The van der Waals surface area contributed by atoms with Crippen molar-refractivity contribution >= 4 is 5.97 Å². The third-order valence-electron chi connectivity index (χ3n) is 3.03. The van der Waals surface area contributed by atoms with E-state index < -0.39 is 17.7 Å². The zero-order chi connectivity index (χ0) is 14.5. The van der Waals surface area contributed by atoms with Gasteiger partial charge in [0.15, 0.2) is 0 Å². The average molecular weight is 275 g/mol. The molecule has 2 rings (SSSR count). The van der Waals surface area contributed by atoms with E-state index in [1.165, 1.54) is 25.4 Å². The van der Waals surface area contributed by atoms with Crippen molar-refractivity contribution in [2.45, 2.75) is 12.3 Å². The van der Waals surface area contributed by atoms with Crippen LogP contribution in [0.2, 0.25) is 0 Å². The summed E-state index contributed by atoms with van der Waals surface area (Å²) in [5, 5.41) is 9.33. The van der Waals surface area contributed by atoms with Crippen LogP contribution in [-0.4, -0.2) is 23.2 Å². The van der Waals surface area contributed by atoms with Crippen molar-refractivity contribution in [3.05, 3.63) is 59.7 Å². The summed E-state index contributed by atoms with van der Waals surface area (Å²) in [7, 11) is 1.51. The number of carbonyl (C=O) groups is 1. The molecule has 1 aromatic carbocycles. The van der Waals surface area contributed by atoms with Gasteiger partial charge in [-0.1, -0.05) is 18.2 Å². The summed E-state index contributed by atoms with van der Waals surface area (Å²) in [4.78, 5) is 15.3. The quantitative estimate of drug-likeness (QED) is 0.911. The largest absolute Gasteiger partial charge is 0.496 e. The summed E-state index contributed by atoms with van der Waals surface area (Å²) < 4.78 is 18.9. The van der Waals surface area contributed by atoms with E-state index in [1.54, 1.807) is 24.3 Å². The molecule has 1 unspecified atom stereocenters. The van der Waals surface area contributed by atoms with E-state index in [0.29, 0.717) is 11.3 Å². The first-order chi connectivity index (χ1) is 9.63. The lowest BCUT2D eigenvalue weighted by molar-refractivity contribution is -0.138. The van der Waals surface area contributed by atoms with Crippen LogP contribution in [0.3, 0.4) is 0 Å². The van der Waals surface area contributed by atoms with Gasteiger partial charge in [-0.3, -0.25) is 9.78 Å². The van der Waals surface area contributed by atoms with Gasteiger partial charge in [-0.25, -0.2) is 4.39 Å². The van der Waals surface area contributed by atoms with E-state index in [4.69, 9.17) is 4.74 Å². The van der Waals surface area contributed by atoms with Crippen molar-refractivity contribution < 1.29 is 19.0 Å². The fraction of sp³-hybridized carbons (Fsp3) is 0.200. The van der Waals surface area contributed by atoms with Gasteiger partial charge in [0, 0.05) is 6.20 Å². The van der Waals surface area contributed by atoms with E-state index in [0.717, 1.165) is 0 Å². The minimum atomic E-state index is -1.12. The molecule has 1 aromatic heterocycles. The monoisotopic (exact) mass is 275 g/mol. The second kappa shape index (κ2) is 6.14. The van der Waals surface area contributed by atoms with Gasteiger partial charge in [0.2, 0.25) is 0 Å². The SMILES string of the molecule is COc1ccccc1CC(C(=O)O)c1ncccc1F. The molecular formula is C15H14FNO3. The summed E-state index contributed by atoms with van der Waals surface area (Å²) in [5.74, 6) is -2.20. The Bertz CT molecular complexity index is 616. The van der Waals surface area contributed by atoms with E-state index in [-0.39, 0.29) is 12.1 Å². The fourth-order valence-corrected chi connectivity index (χ4v) is 2.05. The number of hydrogen-bond acceptors (Lipinski definition) is 3. The average Bonchev–Trinajstić information content (AvgIpc) is 2.46. The number of para-hydroxylation sites is 1. The van der Waals surface area contributed by atoms with Crippen molar-refractivity contribution in [1.82, 2.24) is 4.98 Å². The topological polar surface area (TPSA) is 59.4 Å². The first-order valence-corrected chi connectivity index (χ1v) is 6.08. The maximum Gasteiger partial charge on any atom is 0.313 e. The molecule has 1 atom stereocenters. The Hall–Kier alpha value is -2.43. The second-order valence-corrected chi connectivity index (χ2v) is 4.28. The minimum absolute atomic E-state index is 0.0640. The van der Waals surface area contributed by atoms with Crippen molar-refractivity contribution in [1.29, 1.82) is 0 Å². The highest BCUT2D eigenvalue weighted by molar-refractivity contribution is 5.76. The summed E-state index contributed by atoms with van der Waals surface area (Å²) in [6, 6.07) is 9.71. The van der Waals surface area contributed by atoms with Gasteiger partial charge in [-0.15, -0.1) is 0 Å². The number of nitrogens with zero attached hydrogens (tertiary/aromatic N) is 1. The highest BCUT2D eigenvalue weighted by Crippen LogP contribution is 2.27. The number of methoxy groups -OCH3 is 1. The van der Waals surface area contributed by atoms with Gasteiger partial charge in [0.05, 0.1) is 12.8 Å². The molecule has 20 heavy (non-hydrogen) atoms. The molecule has 0 amide bonds. The van der Waals surface area contributed by atoms with E-state index in [1.807, 2.05) is 0 Å². The Morgan fingerprint density at radius 2 is 2.10 bits per heavy atom. The van der Waals surface area contributed by atoms with Gasteiger partial charge >= 0.3 is 5.97 Å². The summed E-state index contributed by atoms with van der Waals surface area (Å²) >= 11 is 0. The second-order valence-electron chi connectivity index (χ2n) is 4.28. The van der Waals surface area contributed by atoms with Crippen LogP contribution >= 0.6 is 0 Å². The first-order valence-electron chi connectivity index (χ1n) is 6.08. The first kappa shape index (κ1) is 14.0. The number of carboxylic acid groups (broad SMARTS) is 1. The number of hydrogen-bond donors (Lipinski definition) is 1. The van der Waals surface area contributed by atoms with E-state index in [2.05, 4.69) is 4.98 Å². The Labute approximate surface area is 115 Å². The van der Waals surface area contributed by atoms with E-state index >= 15 is 0 Å². The van der Waals surface area contributed by atoms with Gasteiger partial charge in [0.25, 0.3) is 0 Å². The molecule has 0 fully saturated rings. The number of aliphatic carboxylic acids is 1. The Morgan fingerprint density at radius 1 is 1.35 bits per heavy atom. The predicted octanol–water partition coefficient (Wildman–Crippen LogP) is 2.64. The van der Waals surface area contributed by atoms with Gasteiger partial charge < -0.3 is 9.84 Å². The van der Waals surface area contributed by atoms with Crippen molar-refractivity contribution in [2.75, 3.05) is 7.11 Å². The number of carboxylic acids is 1. The molecule has 2 aromatic rings. The number of ether oxygens (including phenoxy) is 1. The van der Waals surface area contributed by atoms with Gasteiger partial charge in [-0.05, 0) is 30.2 Å². The lowest BCUT2D eigenvalue weighted by Gasteiger charge is -2.14. The predicted molar refractivity (Wildman–Crippen MR) is 71.3 cm³/mol. The van der Waals surface area contributed by atoms with Gasteiger partial charge in [-0.2, -0.15) is 0 Å². The van der Waals surface area contributed by atoms with Crippen LogP contribution in [0.1, 0.15) is 17.2 Å². The van der Waals surface area contributed by atoms with Crippen LogP contribution in [0.4, 0.5) is 4.39 Å². The molecule has 1 heterocycles. The van der Waals surface area contributed by atoms with Crippen molar-refractivity contribution in [3.8, 4) is 5.75 Å². The molecule has 104 valence electrons. The maximum absolute atomic E-state index is 13.7. The van der Waals surface area contributed by atoms with Gasteiger partial charge in [0.1, 0.15) is 17.5 Å². The smallest absolute Gasteiger partial charge is 0.313 e. The number of halogens is 1. The third-order valence-corrected chi connectivity index (χ3v) is 3.03. The van der Waals surface area contributed by atoms with Crippen LogP contribution in [0, 0.1) is 5.82 Å². The number of benzene rings is 1. The lowest BCUT2D eigenvalue weighted by atomic mass is 9.95. The molecule has 0 radical (unpaired) electrons. The zero-order valence-corrected chi connectivity index (χ0v) is 10.9. The molecule has 1 N–H and O–H groups in total. The Kier molecular flexibility index (Phi) is 4.30. The molecule has 0 aliphatic carbocycles. The highest BCUT2D eigenvalue weighted by Gasteiger charge is 2.25. The molecule has 4 nitrogen and oxygen atoms in total. The zero-order valence-electron chi connectivity index (χ0n) is 10.9. The van der Waals surface area contributed by atoms with Crippen LogP contribution in [0.5, 0.6) is 5.75 Å². The van der Waals surface area contributed by atoms with Crippen molar-refractivity contribution in [3.63, 3.8) is 0 Å². The van der Waals surface area contributed by atoms with Crippen LogP contribution in [0.25, 0.3) is 0 Å². The summed E-state index contributed by atoms with van der Waals surface area (Å²) in [5.41, 5.74) is 0.637. The highest BCUT2D eigenvalue weighted by atomic mass is 19.1. The molecule has 0 aliphatic rings. The minimum Gasteiger partial charge on any atom is -0.496 e. The third kappa shape index (κ3) is 2.93. The molecule has 0 spiro atoms. The molecule has 5 heteroatoms. The Balaban J connectivity index is 2.36. The fourth-order valence-electron chi connectivity index (χ4n) is 2.05. The summed E-state index contributed by atoms with van der Waals surface area (Å²) in [6.45, 7) is 0.